The number of carbonyl (C=O) groups is 3. The van der Waals surface area contributed by atoms with E-state index < -0.39 is 11.9 Å². The molecule has 0 unspecified atom stereocenters. The van der Waals surface area contributed by atoms with Crippen LogP contribution in [0.3, 0.4) is 0 Å². The van der Waals surface area contributed by atoms with E-state index in [1.165, 1.54) is 31.3 Å². The van der Waals surface area contributed by atoms with Gasteiger partial charge >= 0.3 is 12.0 Å². The number of esters is 1. The normalized spacial score (nSPS) is 17.8. The number of nitrogens with zero attached hydrogens (tertiary/aromatic N) is 4. The van der Waals surface area contributed by atoms with E-state index in [1.54, 1.807) is 6.92 Å². The molecule has 0 saturated carbocycles. The molecule has 2 aliphatic rings. The van der Waals surface area contributed by atoms with Gasteiger partial charge in [-0.1, -0.05) is 43.7 Å². The third-order valence-corrected chi connectivity index (χ3v) is 6.45. The molecule has 0 bridgehead atoms. The summed E-state index contributed by atoms with van der Waals surface area (Å²) >= 11 is 0. The fourth-order valence-electron chi connectivity index (χ4n) is 4.52. The lowest BCUT2D eigenvalue weighted by Crippen LogP contribution is -2.38. The van der Waals surface area contributed by atoms with Crippen molar-refractivity contribution >= 4 is 17.9 Å². The van der Waals surface area contributed by atoms with Gasteiger partial charge in [0.2, 0.25) is 5.91 Å². The number of benzene rings is 1. The van der Waals surface area contributed by atoms with E-state index >= 15 is 0 Å². The van der Waals surface area contributed by atoms with Crippen molar-refractivity contribution in [3.8, 4) is 11.3 Å². The zero-order chi connectivity index (χ0) is 24.1. The van der Waals surface area contributed by atoms with Crippen LogP contribution in [0, 0.1) is 5.92 Å². The first-order chi connectivity index (χ1) is 16.4. The number of methoxy groups -OCH3 is 1. The molecule has 0 radical (unpaired) electrons. The predicted molar refractivity (Wildman–Crippen MR) is 128 cm³/mol. The number of amides is 3. The average Bonchev–Trinajstić information content (AvgIpc) is 3.12. The molecule has 0 spiro atoms. The molecule has 180 valence electrons. The van der Waals surface area contributed by atoms with E-state index in [-0.39, 0.29) is 25.0 Å². The Hall–Kier alpha value is -3.26. The summed E-state index contributed by atoms with van der Waals surface area (Å²) in [6.07, 6.45) is 3.83. The Labute approximate surface area is 200 Å². The Morgan fingerprint density at radius 1 is 1.03 bits per heavy atom. The Morgan fingerprint density at radius 3 is 2.47 bits per heavy atom. The molecule has 1 aromatic heterocycles. The first kappa shape index (κ1) is 23.9. The fraction of sp³-hybridized carbons (Fsp3) is 0.462. The maximum Gasteiger partial charge on any atom is 0.327 e. The van der Waals surface area contributed by atoms with Crippen LogP contribution in [-0.2, 0) is 27.4 Å². The summed E-state index contributed by atoms with van der Waals surface area (Å²) in [5, 5.41) is 0. The number of urea groups is 1. The van der Waals surface area contributed by atoms with Crippen molar-refractivity contribution in [2.45, 2.75) is 39.3 Å². The summed E-state index contributed by atoms with van der Waals surface area (Å²) in [5.74, 6) is -1.30. The molecular weight excluding hydrogens is 432 g/mol. The van der Waals surface area contributed by atoms with Crippen molar-refractivity contribution in [2.75, 3.05) is 33.3 Å². The summed E-state index contributed by atoms with van der Waals surface area (Å²) in [4.78, 5) is 46.7. The first-order valence-corrected chi connectivity index (χ1v) is 11.9. The minimum atomic E-state index is -0.560. The van der Waals surface area contributed by atoms with Crippen LogP contribution in [-0.4, -0.2) is 70.9 Å². The number of aromatic nitrogens is 1. The van der Waals surface area contributed by atoms with E-state index in [9.17, 15) is 14.4 Å². The van der Waals surface area contributed by atoms with Gasteiger partial charge in [0.1, 0.15) is 6.54 Å². The van der Waals surface area contributed by atoms with Crippen LogP contribution in [0.1, 0.15) is 37.4 Å². The van der Waals surface area contributed by atoms with E-state index in [0.717, 1.165) is 47.0 Å². The van der Waals surface area contributed by atoms with Crippen molar-refractivity contribution in [3.63, 3.8) is 0 Å². The second kappa shape index (κ2) is 10.8. The van der Waals surface area contributed by atoms with Gasteiger partial charge in [0, 0.05) is 25.2 Å². The number of carbonyl (C=O) groups excluding carboxylic acids is 3. The minimum absolute atomic E-state index is 0.00851. The topological polar surface area (TPSA) is 83.1 Å². The zero-order valence-electron chi connectivity index (χ0n) is 19.9. The van der Waals surface area contributed by atoms with E-state index in [2.05, 4.69) is 11.0 Å². The number of rotatable bonds is 8. The number of likely N-dealkylation sites (tertiary alicyclic amines) is 1. The zero-order valence-corrected chi connectivity index (χ0v) is 19.9. The smallest absolute Gasteiger partial charge is 0.327 e. The summed E-state index contributed by atoms with van der Waals surface area (Å²) in [6.45, 7) is 5.16. The number of piperidine rings is 1. The Bertz CT molecular complexity index is 1030. The lowest BCUT2D eigenvalue weighted by atomic mass is 10.1. The number of hydrogen-bond acceptors (Lipinski definition) is 6. The van der Waals surface area contributed by atoms with Gasteiger partial charge in [-0.25, -0.2) is 4.79 Å². The SMILES string of the molecule is COC(=O)[C@H](C)CN1C(=O)CN(Cc2ccc(-c3cccc(CN4CCCCC4)n3)cc2)C1=O. The number of ether oxygens (including phenoxy) is 1. The second-order valence-electron chi connectivity index (χ2n) is 9.12. The summed E-state index contributed by atoms with van der Waals surface area (Å²) in [7, 11) is 1.29. The van der Waals surface area contributed by atoms with Crippen LogP contribution in [0.4, 0.5) is 4.79 Å². The van der Waals surface area contributed by atoms with Crippen LogP contribution < -0.4 is 0 Å². The number of hydrogen-bond donors (Lipinski definition) is 0. The van der Waals surface area contributed by atoms with E-state index in [1.807, 2.05) is 36.4 Å². The largest absolute Gasteiger partial charge is 0.469 e. The Morgan fingerprint density at radius 2 is 1.76 bits per heavy atom. The van der Waals surface area contributed by atoms with Crippen molar-refractivity contribution in [2.24, 2.45) is 5.92 Å². The molecule has 2 aliphatic heterocycles. The molecule has 3 heterocycles. The second-order valence-corrected chi connectivity index (χ2v) is 9.12. The molecule has 1 aromatic carbocycles. The van der Waals surface area contributed by atoms with E-state index in [4.69, 9.17) is 9.72 Å². The molecule has 0 aliphatic carbocycles. The van der Waals surface area contributed by atoms with Crippen LogP contribution in [0.25, 0.3) is 11.3 Å². The maximum absolute atomic E-state index is 12.7. The van der Waals surface area contributed by atoms with Crippen molar-refractivity contribution in [1.82, 2.24) is 19.7 Å². The monoisotopic (exact) mass is 464 g/mol. The summed E-state index contributed by atoms with van der Waals surface area (Å²) in [6, 6.07) is 13.7. The van der Waals surface area contributed by atoms with Gasteiger partial charge in [0.15, 0.2) is 0 Å². The maximum atomic E-state index is 12.7. The molecule has 8 nitrogen and oxygen atoms in total. The highest BCUT2D eigenvalue weighted by Crippen LogP contribution is 2.22. The predicted octanol–water partition coefficient (Wildman–Crippen LogP) is 3.31. The molecule has 0 N–H and O–H groups in total. The molecule has 3 amide bonds. The Balaban J connectivity index is 1.38. The molecular formula is C26H32N4O4. The van der Waals surface area contributed by atoms with Gasteiger partial charge in [-0.05, 0) is 43.6 Å². The lowest BCUT2D eigenvalue weighted by molar-refractivity contribution is -0.145. The van der Waals surface area contributed by atoms with Gasteiger partial charge in [0.25, 0.3) is 0 Å². The number of imide groups is 1. The lowest BCUT2D eigenvalue weighted by Gasteiger charge is -2.26. The quantitative estimate of drug-likeness (QED) is 0.440. The van der Waals surface area contributed by atoms with Gasteiger partial charge in [0.05, 0.1) is 24.4 Å². The molecule has 2 saturated heterocycles. The van der Waals surface area contributed by atoms with Gasteiger partial charge < -0.3 is 9.64 Å². The van der Waals surface area contributed by atoms with Crippen molar-refractivity contribution in [3.05, 3.63) is 53.7 Å². The van der Waals surface area contributed by atoms with Gasteiger partial charge in [-0.2, -0.15) is 0 Å². The third kappa shape index (κ3) is 5.62. The highest BCUT2D eigenvalue weighted by Gasteiger charge is 2.37. The van der Waals surface area contributed by atoms with Crippen LogP contribution in [0.2, 0.25) is 0 Å². The van der Waals surface area contributed by atoms with Gasteiger partial charge in [-0.15, -0.1) is 0 Å². The third-order valence-electron chi connectivity index (χ3n) is 6.45. The molecule has 2 fully saturated rings. The van der Waals surface area contributed by atoms with Crippen LogP contribution in [0.15, 0.2) is 42.5 Å². The van der Waals surface area contributed by atoms with Crippen LogP contribution in [0.5, 0.6) is 0 Å². The molecule has 8 heteroatoms. The molecule has 1 atom stereocenters. The molecule has 34 heavy (non-hydrogen) atoms. The average molecular weight is 465 g/mol. The first-order valence-electron chi connectivity index (χ1n) is 11.9. The summed E-state index contributed by atoms with van der Waals surface area (Å²) in [5.41, 5.74) is 3.95. The van der Waals surface area contributed by atoms with Crippen molar-refractivity contribution in [1.29, 1.82) is 0 Å². The minimum Gasteiger partial charge on any atom is -0.469 e. The number of pyridine rings is 1. The Kier molecular flexibility index (Phi) is 7.57. The van der Waals surface area contributed by atoms with Crippen molar-refractivity contribution < 1.29 is 19.1 Å². The highest BCUT2D eigenvalue weighted by atomic mass is 16.5. The molecule has 4 rings (SSSR count). The standard InChI is InChI=1S/C26H32N4O4/c1-19(25(32)34-2)15-30-24(31)18-29(26(30)33)16-20-9-11-21(12-10-20)23-8-6-7-22(27-23)17-28-13-4-3-5-14-28/h6-12,19H,3-5,13-18H2,1-2H3/t19-/m1/s1. The highest BCUT2D eigenvalue weighted by molar-refractivity contribution is 6.02. The molecule has 2 aromatic rings. The van der Waals surface area contributed by atoms with Crippen LogP contribution >= 0.6 is 0 Å². The summed E-state index contributed by atoms with van der Waals surface area (Å²) < 4.78 is 4.70. The fourth-order valence-corrected chi connectivity index (χ4v) is 4.52. The van der Waals surface area contributed by atoms with Gasteiger partial charge in [-0.3, -0.25) is 24.4 Å². The van der Waals surface area contributed by atoms with E-state index in [0.29, 0.717) is 6.54 Å².